The Morgan fingerprint density at radius 1 is 1.00 bits per heavy atom. The fraction of sp³-hybridized carbons (Fsp3) is 0.321. The molecule has 0 bridgehead atoms. The molecule has 0 aliphatic carbocycles. The largest absolute Gasteiger partial charge is 0.507 e. The third kappa shape index (κ3) is 5.44. The molecule has 8 heteroatoms. The molecule has 1 atom stereocenters. The van der Waals surface area contributed by atoms with Crippen molar-refractivity contribution in [2.24, 2.45) is 0 Å². The van der Waals surface area contributed by atoms with Crippen molar-refractivity contribution in [1.29, 1.82) is 0 Å². The van der Waals surface area contributed by atoms with E-state index in [1.165, 1.54) is 16.2 Å². The standard InChI is InChI=1S/C28H30N2O5S/c1-3-5-6-16-35-21-12-10-19(11-13-21)24-23(26(32)27(33)30(24)28-29-14-17-36-28)25(31)20-8-7-9-22(18-20)34-15-4-2/h7-14,17-18,24,31H,3-6,15-16H2,1-2H3. The first-order valence-corrected chi connectivity index (χ1v) is 13.1. The lowest BCUT2D eigenvalue weighted by Crippen LogP contribution is -2.29. The first-order chi connectivity index (χ1) is 17.5. The van der Waals surface area contributed by atoms with Crippen molar-refractivity contribution in [1.82, 2.24) is 4.98 Å². The second-order valence-corrected chi connectivity index (χ2v) is 9.36. The molecule has 1 unspecified atom stereocenters. The van der Waals surface area contributed by atoms with Gasteiger partial charge in [-0.25, -0.2) is 4.98 Å². The van der Waals surface area contributed by atoms with Crippen LogP contribution in [0.15, 0.2) is 65.7 Å². The highest BCUT2D eigenvalue weighted by molar-refractivity contribution is 7.14. The van der Waals surface area contributed by atoms with Gasteiger partial charge in [0.15, 0.2) is 5.13 Å². The molecule has 1 aliphatic rings. The fourth-order valence-corrected chi connectivity index (χ4v) is 4.74. The molecule has 1 saturated heterocycles. The molecular formula is C28H30N2O5S. The third-order valence-electron chi connectivity index (χ3n) is 5.86. The van der Waals surface area contributed by atoms with Crippen LogP contribution in [-0.2, 0) is 9.59 Å². The molecular weight excluding hydrogens is 476 g/mol. The van der Waals surface area contributed by atoms with Crippen LogP contribution in [0.2, 0.25) is 0 Å². The predicted octanol–water partition coefficient (Wildman–Crippen LogP) is 6.13. The van der Waals surface area contributed by atoms with E-state index in [9.17, 15) is 14.7 Å². The molecule has 36 heavy (non-hydrogen) atoms. The van der Waals surface area contributed by atoms with Gasteiger partial charge in [0.1, 0.15) is 17.3 Å². The van der Waals surface area contributed by atoms with Gasteiger partial charge in [-0.3, -0.25) is 14.5 Å². The van der Waals surface area contributed by atoms with Gasteiger partial charge in [-0.1, -0.05) is 51.0 Å². The van der Waals surface area contributed by atoms with Crippen LogP contribution < -0.4 is 14.4 Å². The van der Waals surface area contributed by atoms with Gasteiger partial charge in [-0.05, 0) is 42.7 Å². The number of carbonyl (C=O) groups is 2. The van der Waals surface area contributed by atoms with E-state index in [1.54, 1.807) is 35.8 Å². The predicted molar refractivity (Wildman–Crippen MR) is 141 cm³/mol. The van der Waals surface area contributed by atoms with Crippen LogP contribution in [0.4, 0.5) is 5.13 Å². The van der Waals surface area contributed by atoms with E-state index in [4.69, 9.17) is 9.47 Å². The van der Waals surface area contributed by atoms with Crippen molar-refractivity contribution in [2.45, 2.75) is 45.6 Å². The summed E-state index contributed by atoms with van der Waals surface area (Å²) in [7, 11) is 0. The van der Waals surface area contributed by atoms with Crippen LogP contribution in [-0.4, -0.2) is 35.0 Å². The third-order valence-corrected chi connectivity index (χ3v) is 6.63. The number of aromatic nitrogens is 1. The minimum Gasteiger partial charge on any atom is -0.507 e. The van der Waals surface area contributed by atoms with Crippen molar-refractivity contribution < 1.29 is 24.2 Å². The van der Waals surface area contributed by atoms with E-state index in [0.29, 0.717) is 41.0 Å². The number of carbonyl (C=O) groups excluding carboxylic acids is 2. The number of benzene rings is 2. The zero-order valence-corrected chi connectivity index (χ0v) is 21.3. The number of hydrogen-bond donors (Lipinski definition) is 1. The summed E-state index contributed by atoms with van der Waals surface area (Å²) in [6.45, 7) is 5.31. The highest BCUT2D eigenvalue weighted by Gasteiger charge is 2.48. The number of rotatable bonds is 11. The number of anilines is 1. The van der Waals surface area contributed by atoms with Gasteiger partial charge in [-0.15, -0.1) is 11.3 Å². The van der Waals surface area contributed by atoms with Crippen molar-refractivity contribution in [3.05, 3.63) is 76.8 Å². The van der Waals surface area contributed by atoms with Gasteiger partial charge in [0.25, 0.3) is 5.78 Å². The quantitative estimate of drug-likeness (QED) is 0.146. The van der Waals surface area contributed by atoms with Crippen LogP contribution in [0.1, 0.15) is 56.7 Å². The van der Waals surface area contributed by atoms with E-state index >= 15 is 0 Å². The molecule has 2 heterocycles. The van der Waals surface area contributed by atoms with Gasteiger partial charge >= 0.3 is 5.91 Å². The summed E-state index contributed by atoms with van der Waals surface area (Å²) >= 11 is 1.26. The monoisotopic (exact) mass is 506 g/mol. The Hall–Kier alpha value is -3.65. The van der Waals surface area contributed by atoms with Gasteiger partial charge in [0, 0.05) is 17.1 Å². The van der Waals surface area contributed by atoms with Gasteiger partial charge in [0.05, 0.1) is 24.8 Å². The molecule has 4 rings (SSSR count). The first-order valence-electron chi connectivity index (χ1n) is 12.2. The molecule has 0 radical (unpaired) electrons. The molecule has 1 fully saturated rings. The van der Waals surface area contributed by atoms with Crippen LogP contribution in [0.25, 0.3) is 5.76 Å². The first kappa shape index (κ1) is 25.4. The zero-order chi connectivity index (χ0) is 25.5. The summed E-state index contributed by atoms with van der Waals surface area (Å²) in [6, 6.07) is 13.4. The van der Waals surface area contributed by atoms with Crippen LogP contribution in [0.5, 0.6) is 11.5 Å². The minimum absolute atomic E-state index is 0.0134. The normalized spacial score (nSPS) is 16.9. The maximum absolute atomic E-state index is 13.2. The summed E-state index contributed by atoms with van der Waals surface area (Å²) in [6.07, 6.45) is 5.62. The summed E-state index contributed by atoms with van der Waals surface area (Å²) in [5.74, 6) is -0.445. The maximum Gasteiger partial charge on any atom is 0.301 e. The maximum atomic E-state index is 13.2. The second kappa shape index (κ2) is 11.9. The van der Waals surface area contributed by atoms with Crippen molar-refractivity contribution in [2.75, 3.05) is 18.1 Å². The van der Waals surface area contributed by atoms with E-state index < -0.39 is 17.7 Å². The molecule has 0 spiro atoms. The number of amides is 1. The number of ether oxygens (including phenoxy) is 2. The lowest BCUT2D eigenvalue weighted by atomic mass is 9.95. The minimum atomic E-state index is -0.828. The van der Waals surface area contributed by atoms with Gasteiger partial charge < -0.3 is 14.6 Å². The molecule has 0 saturated carbocycles. The Morgan fingerprint density at radius 3 is 2.47 bits per heavy atom. The van der Waals surface area contributed by atoms with E-state index in [0.717, 1.165) is 25.7 Å². The van der Waals surface area contributed by atoms with Crippen LogP contribution in [0.3, 0.4) is 0 Å². The second-order valence-electron chi connectivity index (χ2n) is 8.48. The Morgan fingerprint density at radius 2 is 1.78 bits per heavy atom. The van der Waals surface area contributed by atoms with Crippen molar-refractivity contribution >= 4 is 33.9 Å². The van der Waals surface area contributed by atoms with E-state index in [1.807, 2.05) is 31.2 Å². The molecule has 188 valence electrons. The summed E-state index contributed by atoms with van der Waals surface area (Å²) in [5.41, 5.74) is 1.09. The number of Topliss-reactive ketones (excluding diaryl/α,β-unsaturated/α-hetero) is 1. The van der Waals surface area contributed by atoms with Crippen molar-refractivity contribution in [3.63, 3.8) is 0 Å². The lowest BCUT2D eigenvalue weighted by molar-refractivity contribution is -0.132. The molecule has 1 amide bonds. The smallest absolute Gasteiger partial charge is 0.301 e. The molecule has 1 aromatic heterocycles. The summed E-state index contributed by atoms with van der Waals surface area (Å²) in [4.78, 5) is 32.0. The Labute approximate surface area is 215 Å². The van der Waals surface area contributed by atoms with E-state index in [-0.39, 0.29) is 11.3 Å². The lowest BCUT2D eigenvalue weighted by Gasteiger charge is -2.23. The number of unbranched alkanes of at least 4 members (excludes halogenated alkanes) is 2. The highest BCUT2D eigenvalue weighted by atomic mass is 32.1. The Kier molecular flexibility index (Phi) is 8.38. The Bertz CT molecular complexity index is 1220. The number of hydrogen-bond acceptors (Lipinski definition) is 7. The SMILES string of the molecule is CCCCCOc1ccc(C2C(=C(O)c3cccc(OCCC)c3)C(=O)C(=O)N2c2nccs2)cc1. The molecule has 1 aliphatic heterocycles. The molecule has 7 nitrogen and oxygen atoms in total. The average molecular weight is 507 g/mol. The Balaban J connectivity index is 1.73. The summed E-state index contributed by atoms with van der Waals surface area (Å²) < 4.78 is 11.5. The topological polar surface area (TPSA) is 89.0 Å². The number of aliphatic hydroxyl groups is 1. The molecule has 1 N–H and O–H groups in total. The van der Waals surface area contributed by atoms with Crippen LogP contribution >= 0.6 is 11.3 Å². The fourth-order valence-electron chi connectivity index (χ4n) is 4.08. The number of ketones is 1. The van der Waals surface area contributed by atoms with Crippen LogP contribution in [0, 0.1) is 0 Å². The molecule has 3 aromatic rings. The highest BCUT2D eigenvalue weighted by Crippen LogP contribution is 2.43. The molecule has 2 aromatic carbocycles. The number of nitrogens with zero attached hydrogens (tertiary/aromatic N) is 2. The van der Waals surface area contributed by atoms with Gasteiger partial charge in [-0.2, -0.15) is 0 Å². The average Bonchev–Trinajstić information content (AvgIpc) is 3.52. The van der Waals surface area contributed by atoms with E-state index in [2.05, 4.69) is 11.9 Å². The van der Waals surface area contributed by atoms with Crippen molar-refractivity contribution in [3.8, 4) is 11.5 Å². The van der Waals surface area contributed by atoms with Gasteiger partial charge in [0.2, 0.25) is 0 Å². The number of thiazole rings is 1. The zero-order valence-electron chi connectivity index (χ0n) is 20.5. The summed E-state index contributed by atoms with van der Waals surface area (Å²) in [5, 5.41) is 13.4. The number of aliphatic hydroxyl groups excluding tert-OH is 1.